The van der Waals surface area contributed by atoms with Crippen molar-refractivity contribution < 1.29 is 13.2 Å². The van der Waals surface area contributed by atoms with E-state index in [9.17, 15) is 8.42 Å². The van der Waals surface area contributed by atoms with Gasteiger partial charge in [0.15, 0.2) is 0 Å². The lowest BCUT2D eigenvalue weighted by atomic mass is 10.1. The van der Waals surface area contributed by atoms with Crippen LogP contribution in [0.1, 0.15) is 37.9 Å². The van der Waals surface area contributed by atoms with Crippen LogP contribution >= 0.6 is 0 Å². The molecule has 0 aliphatic carbocycles. The Morgan fingerprint density at radius 2 is 1.58 bits per heavy atom. The monoisotopic (exact) mass is 347 g/mol. The summed E-state index contributed by atoms with van der Waals surface area (Å²) in [5.41, 5.74) is 1.55. The van der Waals surface area contributed by atoms with E-state index in [0.29, 0.717) is 0 Å². The van der Waals surface area contributed by atoms with Gasteiger partial charge >= 0.3 is 0 Å². The summed E-state index contributed by atoms with van der Waals surface area (Å²) in [5, 5.41) is 0. The fourth-order valence-electron chi connectivity index (χ4n) is 2.19. The van der Waals surface area contributed by atoms with Crippen molar-refractivity contribution in [1.82, 2.24) is 4.72 Å². The third kappa shape index (κ3) is 5.44. The molecular weight excluding hydrogens is 322 g/mol. The fraction of sp³-hybridized carbons (Fsp3) is 0.368. The van der Waals surface area contributed by atoms with Gasteiger partial charge in [0, 0.05) is 0 Å². The van der Waals surface area contributed by atoms with E-state index in [-0.39, 0.29) is 17.1 Å². The van der Waals surface area contributed by atoms with Gasteiger partial charge < -0.3 is 4.74 Å². The predicted molar refractivity (Wildman–Crippen MR) is 96.4 cm³/mol. The van der Waals surface area contributed by atoms with Gasteiger partial charge in [0.25, 0.3) is 0 Å². The molecule has 0 saturated carbocycles. The van der Waals surface area contributed by atoms with Crippen molar-refractivity contribution in [2.45, 2.75) is 44.2 Å². The molecule has 0 aliphatic heterocycles. The van der Waals surface area contributed by atoms with Crippen LogP contribution in [-0.4, -0.2) is 20.6 Å². The smallest absolute Gasteiger partial charge is 0.241 e. The lowest BCUT2D eigenvalue weighted by Crippen LogP contribution is -2.34. The molecule has 2 aromatic carbocycles. The summed E-state index contributed by atoms with van der Waals surface area (Å²) in [6.07, 6.45) is 0. The lowest BCUT2D eigenvalue weighted by Gasteiger charge is -2.25. The Kier molecular flexibility index (Phi) is 5.80. The Morgan fingerprint density at radius 1 is 1.00 bits per heavy atom. The van der Waals surface area contributed by atoms with Crippen molar-refractivity contribution in [2.75, 3.05) is 6.61 Å². The standard InChI is InChI=1S/C19H25NO3S/c1-15-10-12-17(13-11-15)24(21,22)20-18(14-23-19(2,3)4)16-8-6-5-7-9-16/h5-13,18,20H,14H2,1-4H3/t18-/m0/s1. The van der Waals surface area contributed by atoms with Crippen LogP contribution in [0.5, 0.6) is 0 Å². The van der Waals surface area contributed by atoms with Gasteiger partial charge in [-0.05, 0) is 45.4 Å². The van der Waals surface area contributed by atoms with E-state index >= 15 is 0 Å². The highest BCUT2D eigenvalue weighted by Gasteiger charge is 2.23. The maximum absolute atomic E-state index is 12.7. The summed E-state index contributed by atoms with van der Waals surface area (Å²) in [7, 11) is -3.62. The Labute approximate surface area is 144 Å². The van der Waals surface area contributed by atoms with Crippen molar-refractivity contribution in [3.8, 4) is 0 Å². The van der Waals surface area contributed by atoms with Crippen molar-refractivity contribution in [3.63, 3.8) is 0 Å². The minimum atomic E-state index is -3.62. The van der Waals surface area contributed by atoms with E-state index in [1.165, 1.54) is 0 Å². The predicted octanol–water partition coefficient (Wildman–Crippen LogP) is 3.83. The average Bonchev–Trinajstić information content (AvgIpc) is 2.52. The number of nitrogens with one attached hydrogen (secondary N) is 1. The van der Waals surface area contributed by atoms with Gasteiger partial charge in [-0.1, -0.05) is 48.0 Å². The molecule has 0 bridgehead atoms. The van der Waals surface area contributed by atoms with Crippen molar-refractivity contribution in [3.05, 3.63) is 65.7 Å². The van der Waals surface area contributed by atoms with Gasteiger partial charge in [-0.25, -0.2) is 13.1 Å². The molecule has 24 heavy (non-hydrogen) atoms. The first-order valence-electron chi connectivity index (χ1n) is 7.95. The van der Waals surface area contributed by atoms with Crippen LogP contribution in [0.25, 0.3) is 0 Å². The molecule has 2 rings (SSSR count). The van der Waals surface area contributed by atoms with E-state index in [1.54, 1.807) is 24.3 Å². The molecule has 1 N–H and O–H groups in total. The lowest BCUT2D eigenvalue weighted by molar-refractivity contribution is -0.0121. The quantitative estimate of drug-likeness (QED) is 0.864. The molecular formula is C19H25NO3S. The molecule has 5 heteroatoms. The number of hydrogen-bond acceptors (Lipinski definition) is 3. The van der Waals surface area contributed by atoms with Gasteiger partial charge in [0.05, 0.1) is 23.1 Å². The highest BCUT2D eigenvalue weighted by Crippen LogP contribution is 2.20. The Morgan fingerprint density at radius 3 is 2.12 bits per heavy atom. The molecule has 1 atom stereocenters. The van der Waals surface area contributed by atoms with Crippen LogP contribution < -0.4 is 4.72 Å². The Hall–Kier alpha value is -1.69. The van der Waals surface area contributed by atoms with E-state index in [1.807, 2.05) is 58.0 Å². The molecule has 0 aromatic heterocycles. The summed E-state index contributed by atoms with van der Waals surface area (Å²) in [6.45, 7) is 8.03. The zero-order chi connectivity index (χ0) is 17.8. The number of aryl methyl sites for hydroxylation is 1. The van der Waals surface area contributed by atoms with Crippen molar-refractivity contribution >= 4 is 10.0 Å². The molecule has 0 saturated heterocycles. The summed E-state index contributed by atoms with van der Waals surface area (Å²) < 4.78 is 34.0. The van der Waals surface area contributed by atoms with Crippen LogP contribution in [0, 0.1) is 6.92 Å². The third-order valence-corrected chi connectivity index (χ3v) is 5.00. The first-order valence-corrected chi connectivity index (χ1v) is 9.44. The first-order chi connectivity index (χ1) is 11.2. The normalized spacial score (nSPS) is 13.7. The molecule has 0 heterocycles. The second kappa shape index (κ2) is 7.47. The molecule has 2 aromatic rings. The molecule has 0 amide bonds. The first kappa shape index (κ1) is 18.6. The SMILES string of the molecule is Cc1ccc(S(=O)(=O)N[C@@H](COC(C)(C)C)c2ccccc2)cc1. The van der Waals surface area contributed by atoms with Gasteiger partial charge in [0.1, 0.15) is 0 Å². The molecule has 0 radical (unpaired) electrons. The number of rotatable bonds is 6. The minimum absolute atomic E-state index is 0.254. The average molecular weight is 347 g/mol. The van der Waals surface area contributed by atoms with Crippen LogP contribution in [-0.2, 0) is 14.8 Å². The van der Waals surface area contributed by atoms with Crippen LogP contribution in [0.2, 0.25) is 0 Å². The van der Waals surface area contributed by atoms with Gasteiger partial charge in [0.2, 0.25) is 10.0 Å². The zero-order valence-corrected chi connectivity index (χ0v) is 15.4. The third-order valence-electron chi connectivity index (χ3n) is 3.51. The summed E-state index contributed by atoms with van der Waals surface area (Å²) >= 11 is 0. The summed E-state index contributed by atoms with van der Waals surface area (Å²) in [6, 6.07) is 15.8. The van der Waals surface area contributed by atoms with Gasteiger partial charge in [-0.2, -0.15) is 0 Å². The van der Waals surface area contributed by atoms with Crippen molar-refractivity contribution in [2.24, 2.45) is 0 Å². The van der Waals surface area contributed by atoms with E-state index in [2.05, 4.69) is 4.72 Å². The van der Waals surface area contributed by atoms with Gasteiger partial charge in [-0.3, -0.25) is 0 Å². The fourth-order valence-corrected chi connectivity index (χ4v) is 3.40. The summed E-state index contributed by atoms with van der Waals surface area (Å²) in [5.74, 6) is 0. The maximum Gasteiger partial charge on any atom is 0.241 e. The summed E-state index contributed by atoms with van der Waals surface area (Å²) in [4.78, 5) is 0.254. The van der Waals surface area contributed by atoms with Crippen LogP contribution in [0.15, 0.2) is 59.5 Å². The second-order valence-electron chi connectivity index (χ2n) is 6.82. The molecule has 0 spiro atoms. The largest absolute Gasteiger partial charge is 0.374 e. The molecule has 130 valence electrons. The maximum atomic E-state index is 12.7. The van der Waals surface area contributed by atoms with Crippen LogP contribution in [0.4, 0.5) is 0 Å². The van der Waals surface area contributed by atoms with E-state index in [4.69, 9.17) is 4.74 Å². The van der Waals surface area contributed by atoms with Crippen LogP contribution in [0.3, 0.4) is 0 Å². The zero-order valence-electron chi connectivity index (χ0n) is 14.6. The van der Waals surface area contributed by atoms with Crippen molar-refractivity contribution in [1.29, 1.82) is 0 Å². The van der Waals surface area contributed by atoms with Gasteiger partial charge in [-0.15, -0.1) is 0 Å². The molecule has 0 unspecified atom stereocenters. The number of ether oxygens (including phenoxy) is 1. The highest BCUT2D eigenvalue weighted by molar-refractivity contribution is 7.89. The Bertz CT molecular complexity index is 747. The van der Waals surface area contributed by atoms with E-state index < -0.39 is 16.1 Å². The minimum Gasteiger partial charge on any atom is -0.374 e. The topological polar surface area (TPSA) is 55.4 Å². The number of benzene rings is 2. The van der Waals surface area contributed by atoms with E-state index in [0.717, 1.165) is 11.1 Å². The Balaban J connectivity index is 2.25. The molecule has 4 nitrogen and oxygen atoms in total. The number of hydrogen-bond donors (Lipinski definition) is 1. The molecule has 0 fully saturated rings. The highest BCUT2D eigenvalue weighted by atomic mass is 32.2. The number of sulfonamides is 1. The molecule has 0 aliphatic rings. The second-order valence-corrected chi connectivity index (χ2v) is 8.53.